The van der Waals surface area contributed by atoms with Crippen molar-refractivity contribution in [3.05, 3.63) is 53.3 Å². The Bertz CT molecular complexity index is 641. The number of aromatic nitrogens is 1. The van der Waals surface area contributed by atoms with Crippen LogP contribution in [0.5, 0.6) is 5.75 Å². The lowest BCUT2D eigenvalue weighted by Crippen LogP contribution is -2.24. The van der Waals surface area contributed by atoms with Crippen molar-refractivity contribution in [3.8, 4) is 5.75 Å². The minimum Gasteiger partial charge on any atom is -0.491 e. The number of carbonyl (C=O) groups is 1. The van der Waals surface area contributed by atoms with E-state index >= 15 is 0 Å². The van der Waals surface area contributed by atoms with E-state index in [9.17, 15) is 4.79 Å². The summed E-state index contributed by atoms with van der Waals surface area (Å²) in [7, 11) is 0. The summed E-state index contributed by atoms with van der Waals surface area (Å²) in [4.78, 5) is 16.6. The zero-order valence-electron chi connectivity index (χ0n) is 12.2. The third-order valence-corrected chi connectivity index (χ3v) is 2.95. The molecule has 3 N–H and O–H groups in total. The Hall–Kier alpha value is -2.56. The van der Waals surface area contributed by atoms with Crippen LogP contribution in [-0.2, 0) is 6.54 Å². The first-order chi connectivity index (χ1) is 10.1. The number of nitrogens with two attached hydrogens (primary N) is 1. The summed E-state index contributed by atoms with van der Waals surface area (Å²) in [5.74, 6) is 0.198. The van der Waals surface area contributed by atoms with E-state index in [-0.39, 0.29) is 5.91 Å². The van der Waals surface area contributed by atoms with Gasteiger partial charge in [0.1, 0.15) is 0 Å². The fraction of sp³-hybridized carbons (Fsp3) is 0.250. The number of amides is 1. The molecule has 1 amide bonds. The molecule has 0 aliphatic heterocycles. The van der Waals surface area contributed by atoms with Crippen molar-refractivity contribution in [2.45, 2.75) is 20.4 Å². The first kappa shape index (κ1) is 14.8. The topological polar surface area (TPSA) is 77.2 Å². The highest BCUT2D eigenvalue weighted by atomic mass is 16.5. The zero-order chi connectivity index (χ0) is 15.2. The van der Waals surface area contributed by atoms with Gasteiger partial charge in [0.2, 0.25) is 0 Å². The standard InChI is InChI=1S/C16H19N3O2/c1-3-21-15-13(8-5-9-14(15)17)16(20)18-10-12-7-4-6-11(2)19-12/h4-9H,3,10,17H2,1-2H3,(H,18,20). The van der Waals surface area contributed by atoms with Gasteiger partial charge in [0.25, 0.3) is 5.91 Å². The van der Waals surface area contributed by atoms with Crippen molar-refractivity contribution in [3.63, 3.8) is 0 Å². The summed E-state index contributed by atoms with van der Waals surface area (Å²) in [6.07, 6.45) is 0. The molecule has 1 aromatic carbocycles. The maximum atomic E-state index is 12.3. The van der Waals surface area contributed by atoms with Gasteiger partial charge in [-0.05, 0) is 38.1 Å². The molecule has 0 unspecified atom stereocenters. The lowest BCUT2D eigenvalue weighted by molar-refractivity contribution is 0.0946. The van der Waals surface area contributed by atoms with Crippen LogP contribution in [0.4, 0.5) is 5.69 Å². The molecule has 5 heteroatoms. The van der Waals surface area contributed by atoms with Crippen LogP contribution in [0.15, 0.2) is 36.4 Å². The number of ether oxygens (including phenoxy) is 1. The Morgan fingerprint density at radius 1 is 1.29 bits per heavy atom. The summed E-state index contributed by atoms with van der Waals surface area (Å²) in [6.45, 7) is 4.58. The van der Waals surface area contributed by atoms with Crippen LogP contribution in [0.1, 0.15) is 28.7 Å². The monoisotopic (exact) mass is 285 g/mol. The lowest BCUT2D eigenvalue weighted by atomic mass is 10.1. The lowest BCUT2D eigenvalue weighted by Gasteiger charge is -2.12. The number of pyridine rings is 1. The van der Waals surface area contributed by atoms with Crippen molar-refractivity contribution in [2.75, 3.05) is 12.3 Å². The van der Waals surface area contributed by atoms with Gasteiger partial charge in [0.15, 0.2) is 5.75 Å². The summed E-state index contributed by atoms with van der Waals surface area (Å²) in [5.41, 5.74) is 8.47. The molecule has 0 saturated heterocycles. The fourth-order valence-corrected chi connectivity index (χ4v) is 2.00. The average Bonchev–Trinajstić information content (AvgIpc) is 2.47. The highest BCUT2D eigenvalue weighted by molar-refractivity contribution is 5.98. The number of hydrogen-bond donors (Lipinski definition) is 2. The molecule has 2 rings (SSSR count). The van der Waals surface area contributed by atoms with E-state index in [0.29, 0.717) is 30.2 Å². The molecule has 2 aromatic rings. The van der Waals surface area contributed by atoms with Gasteiger partial charge in [-0.25, -0.2) is 0 Å². The van der Waals surface area contributed by atoms with Crippen LogP contribution in [0, 0.1) is 6.92 Å². The smallest absolute Gasteiger partial charge is 0.255 e. The minimum atomic E-state index is -0.228. The van der Waals surface area contributed by atoms with Gasteiger partial charge in [-0.15, -0.1) is 0 Å². The van der Waals surface area contributed by atoms with E-state index in [2.05, 4.69) is 10.3 Å². The molecule has 0 aliphatic carbocycles. The number of aryl methyl sites for hydroxylation is 1. The normalized spacial score (nSPS) is 10.2. The van der Waals surface area contributed by atoms with Gasteiger partial charge < -0.3 is 15.8 Å². The number of para-hydroxylation sites is 1. The van der Waals surface area contributed by atoms with E-state index in [1.165, 1.54) is 0 Å². The van der Waals surface area contributed by atoms with Crippen LogP contribution < -0.4 is 15.8 Å². The number of benzene rings is 1. The summed E-state index contributed by atoms with van der Waals surface area (Å²) in [6, 6.07) is 10.8. The Morgan fingerprint density at radius 3 is 2.76 bits per heavy atom. The van der Waals surface area contributed by atoms with Crippen molar-refractivity contribution in [1.82, 2.24) is 10.3 Å². The van der Waals surface area contributed by atoms with Gasteiger partial charge in [-0.3, -0.25) is 9.78 Å². The number of nitrogen functional groups attached to an aromatic ring is 1. The van der Waals surface area contributed by atoms with E-state index in [0.717, 1.165) is 11.4 Å². The van der Waals surface area contributed by atoms with Gasteiger partial charge in [-0.1, -0.05) is 12.1 Å². The number of nitrogens with one attached hydrogen (secondary N) is 1. The predicted octanol–water partition coefficient (Wildman–Crippen LogP) is 2.30. The highest BCUT2D eigenvalue weighted by Gasteiger charge is 2.14. The summed E-state index contributed by atoms with van der Waals surface area (Å²) in [5, 5.41) is 2.83. The number of rotatable bonds is 5. The van der Waals surface area contributed by atoms with Gasteiger partial charge in [-0.2, -0.15) is 0 Å². The van der Waals surface area contributed by atoms with Crippen molar-refractivity contribution >= 4 is 11.6 Å². The average molecular weight is 285 g/mol. The molecule has 0 atom stereocenters. The second-order valence-electron chi connectivity index (χ2n) is 4.61. The molecule has 1 heterocycles. The molecular formula is C16H19N3O2. The van der Waals surface area contributed by atoms with Crippen molar-refractivity contribution < 1.29 is 9.53 Å². The van der Waals surface area contributed by atoms with Crippen LogP contribution in [-0.4, -0.2) is 17.5 Å². The first-order valence-corrected chi connectivity index (χ1v) is 6.84. The number of anilines is 1. The molecule has 0 bridgehead atoms. The van der Waals surface area contributed by atoms with Crippen LogP contribution in [0.25, 0.3) is 0 Å². The molecule has 0 spiro atoms. The molecule has 21 heavy (non-hydrogen) atoms. The summed E-state index contributed by atoms with van der Waals surface area (Å²) < 4.78 is 5.46. The number of nitrogens with zero attached hydrogens (tertiary/aromatic N) is 1. The van der Waals surface area contributed by atoms with Crippen LogP contribution >= 0.6 is 0 Å². The third-order valence-electron chi connectivity index (χ3n) is 2.95. The Balaban J connectivity index is 2.12. The van der Waals surface area contributed by atoms with E-state index < -0.39 is 0 Å². The fourth-order valence-electron chi connectivity index (χ4n) is 2.00. The second-order valence-corrected chi connectivity index (χ2v) is 4.61. The molecule has 5 nitrogen and oxygen atoms in total. The van der Waals surface area contributed by atoms with Crippen molar-refractivity contribution in [1.29, 1.82) is 0 Å². The van der Waals surface area contributed by atoms with Crippen LogP contribution in [0.2, 0.25) is 0 Å². The molecule has 0 radical (unpaired) electrons. The minimum absolute atomic E-state index is 0.228. The zero-order valence-corrected chi connectivity index (χ0v) is 12.2. The molecule has 0 fully saturated rings. The van der Waals surface area contributed by atoms with Gasteiger partial charge in [0.05, 0.1) is 30.1 Å². The number of carbonyl (C=O) groups excluding carboxylic acids is 1. The maximum absolute atomic E-state index is 12.3. The highest BCUT2D eigenvalue weighted by Crippen LogP contribution is 2.26. The maximum Gasteiger partial charge on any atom is 0.255 e. The number of hydrogen-bond acceptors (Lipinski definition) is 4. The molecule has 1 aromatic heterocycles. The van der Waals surface area contributed by atoms with Crippen LogP contribution in [0.3, 0.4) is 0 Å². The first-order valence-electron chi connectivity index (χ1n) is 6.84. The SMILES string of the molecule is CCOc1c(N)cccc1C(=O)NCc1cccc(C)n1. The molecule has 0 saturated carbocycles. The van der Waals surface area contributed by atoms with E-state index in [4.69, 9.17) is 10.5 Å². The molecular weight excluding hydrogens is 266 g/mol. The largest absolute Gasteiger partial charge is 0.491 e. The van der Waals surface area contributed by atoms with Crippen molar-refractivity contribution in [2.24, 2.45) is 0 Å². The van der Waals surface area contributed by atoms with Gasteiger partial charge >= 0.3 is 0 Å². The Labute approximate surface area is 124 Å². The van der Waals surface area contributed by atoms with E-state index in [1.54, 1.807) is 18.2 Å². The Kier molecular flexibility index (Phi) is 4.77. The predicted molar refractivity (Wildman–Crippen MR) is 82.2 cm³/mol. The Morgan fingerprint density at radius 2 is 2.05 bits per heavy atom. The molecule has 0 aliphatic rings. The second kappa shape index (κ2) is 6.74. The third kappa shape index (κ3) is 3.72. The molecule has 110 valence electrons. The summed E-state index contributed by atoms with van der Waals surface area (Å²) >= 11 is 0. The quantitative estimate of drug-likeness (QED) is 0.826. The van der Waals surface area contributed by atoms with E-state index in [1.807, 2.05) is 32.0 Å². The van der Waals surface area contributed by atoms with Gasteiger partial charge in [0, 0.05) is 5.69 Å².